The highest BCUT2D eigenvalue weighted by Crippen LogP contribution is 2.20. The Labute approximate surface area is 126 Å². The summed E-state index contributed by atoms with van der Waals surface area (Å²) >= 11 is 0. The summed E-state index contributed by atoms with van der Waals surface area (Å²) in [4.78, 5) is 25.3. The van der Waals surface area contributed by atoms with Crippen molar-refractivity contribution < 1.29 is 14.3 Å². The maximum Gasteiger partial charge on any atom is 0.260 e. The van der Waals surface area contributed by atoms with Crippen LogP contribution in [-0.2, 0) is 16.0 Å². The molecule has 0 unspecified atom stereocenters. The van der Waals surface area contributed by atoms with Crippen LogP contribution in [0.5, 0.6) is 5.75 Å². The Bertz CT molecular complexity index is 505. The van der Waals surface area contributed by atoms with Gasteiger partial charge >= 0.3 is 0 Å². The first-order valence-electron chi connectivity index (χ1n) is 7.60. The van der Waals surface area contributed by atoms with Crippen molar-refractivity contribution in [3.63, 3.8) is 0 Å². The quantitative estimate of drug-likeness (QED) is 0.836. The zero-order chi connectivity index (χ0) is 15.2. The van der Waals surface area contributed by atoms with Gasteiger partial charge in [-0.05, 0) is 37.8 Å². The molecule has 0 N–H and O–H groups in total. The summed E-state index contributed by atoms with van der Waals surface area (Å²) in [5.74, 6) is 1.14. The minimum atomic E-state index is 0.00269. The van der Waals surface area contributed by atoms with E-state index < -0.39 is 0 Å². The van der Waals surface area contributed by atoms with Crippen LogP contribution in [0.1, 0.15) is 32.3 Å². The van der Waals surface area contributed by atoms with Crippen molar-refractivity contribution in [2.75, 3.05) is 19.7 Å². The van der Waals surface area contributed by atoms with E-state index >= 15 is 0 Å². The van der Waals surface area contributed by atoms with Crippen LogP contribution in [0, 0.1) is 5.92 Å². The normalized spacial score (nSPS) is 15.8. The third-order valence-electron chi connectivity index (χ3n) is 4.13. The number of Topliss-reactive ketones (excluding diaryl/α,β-unsaturated/α-hetero) is 1. The minimum Gasteiger partial charge on any atom is -0.483 e. The molecule has 114 valence electrons. The maximum absolute atomic E-state index is 12.2. The Morgan fingerprint density at radius 2 is 1.90 bits per heavy atom. The van der Waals surface area contributed by atoms with Gasteiger partial charge in [-0.2, -0.15) is 0 Å². The Hall–Kier alpha value is -1.84. The summed E-state index contributed by atoms with van der Waals surface area (Å²) in [6.45, 7) is 5.08. The third kappa shape index (κ3) is 4.06. The lowest BCUT2D eigenvalue weighted by Gasteiger charge is -2.30. The highest BCUT2D eigenvalue weighted by Gasteiger charge is 2.25. The van der Waals surface area contributed by atoms with Gasteiger partial charge < -0.3 is 9.64 Å². The molecule has 0 aliphatic carbocycles. The molecule has 1 saturated heterocycles. The fourth-order valence-electron chi connectivity index (χ4n) is 2.70. The molecule has 0 spiro atoms. The van der Waals surface area contributed by atoms with E-state index in [9.17, 15) is 9.59 Å². The molecule has 1 amide bonds. The minimum absolute atomic E-state index is 0.00269. The molecular formula is C17H23NO3. The average Bonchev–Trinajstić information content (AvgIpc) is 2.52. The van der Waals surface area contributed by atoms with Crippen molar-refractivity contribution in [1.29, 1.82) is 0 Å². The highest BCUT2D eigenvalue weighted by molar-refractivity contribution is 5.80. The van der Waals surface area contributed by atoms with E-state index in [0.717, 1.165) is 30.6 Å². The van der Waals surface area contributed by atoms with Gasteiger partial charge in [-0.15, -0.1) is 0 Å². The molecule has 2 rings (SSSR count). The van der Waals surface area contributed by atoms with Gasteiger partial charge in [0.05, 0.1) is 0 Å². The van der Waals surface area contributed by atoms with Crippen LogP contribution >= 0.6 is 0 Å². The van der Waals surface area contributed by atoms with Gasteiger partial charge in [0.15, 0.2) is 6.61 Å². The number of hydrogen-bond acceptors (Lipinski definition) is 3. The third-order valence-corrected chi connectivity index (χ3v) is 4.13. The first-order chi connectivity index (χ1) is 10.1. The topological polar surface area (TPSA) is 46.6 Å². The summed E-state index contributed by atoms with van der Waals surface area (Å²) in [6, 6.07) is 7.80. The number of rotatable bonds is 5. The summed E-state index contributed by atoms with van der Waals surface area (Å²) in [5.41, 5.74) is 1.11. The number of nitrogens with zero attached hydrogens (tertiary/aromatic N) is 1. The fourth-order valence-corrected chi connectivity index (χ4v) is 2.70. The Morgan fingerprint density at radius 1 is 1.24 bits per heavy atom. The number of aryl methyl sites for hydroxylation is 1. The number of carbonyl (C=O) groups excluding carboxylic acids is 2. The maximum atomic E-state index is 12.2. The van der Waals surface area contributed by atoms with Gasteiger partial charge in [0.25, 0.3) is 5.91 Å². The molecule has 4 nitrogen and oxygen atoms in total. The number of benzene rings is 1. The van der Waals surface area contributed by atoms with Crippen molar-refractivity contribution >= 4 is 11.7 Å². The van der Waals surface area contributed by atoms with Crippen LogP contribution < -0.4 is 4.74 Å². The number of ketones is 1. The van der Waals surface area contributed by atoms with Gasteiger partial charge in [0.1, 0.15) is 11.5 Å². The lowest BCUT2D eigenvalue weighted by molar-refractivity contribution is -0.136. The van der Waals surface area contributed by atoms with Gasteiger partial charge in [-0.25, -0.2) is 0 Å². The van der Waals surface area contributed by atoms with Crippen molar-refractivity contribution in [3.05, 3.63) is 29.8 Å². The Balaban J connectivity index is 1.84. The predicted octanol–water partition coefficient (Wildman–Crippen LogP) is 2.46. The molecule has 0 aromatic heterocycles. The predicted molar refractivity (Wildman–Crippen MR) is 81.3 cm³/mol. The molecule has 0 bridgehead atoms. The summed E-state index contributed by atoms with van der Waals surface area (Å²) in [6.07, 6.45) is 2.42. The Kier molecular flexibility index (Phi) is 5.37. The monoisotopic (exact) mass is 289 g/mol. The fraction of sp³-hybridized carbons (Fsp3) is 0.529. The Morgan fingerprint density at radius 3 is 2.52 bits per heavy atom. The van der Waals surface area contributed by atoms with Crippen LogP contribution in [0.25, 0.3) is 0 Å². The summed E-state index contributed by atoms with van der Waals surface area (Å²) < 4.78 is 5.66. The van der Waals surface area contributed by atoms with Gasteiger partial charge in [0.2, 0.25) is 0 Å². The number of piperidine rings is 1. The second-order valence-electron chi connectivity index (χ2n) is 5.52. The molecule has 1 fully saturated rings. The van der Waals surface area contributed by atoms with Crippen molar-refractivity contribution in [1.82, 2.24) is 4.90 Å². The molecule has 1 aromatic carbocycles. The van der Waals surface area contributed by atoms with E-state index in [1.165, 1.54) is 0 Å². The first-order valence-corrected chi connectivity index (χ1v) is 7.60. The standard InChI is InChI=1S/C17H23NO3/c1-3-14-6-4-5-7-16(14)21-12-17(20)18-10-8-15(9-11-18)13(2)19/h4-7,15H,3,8-12H2,1-2H3. The number of hydrogen-bond donors (Lipinski definition) is 0. The smallest absolute Gasteiger partial charge is 0.260 e. The van der Waals surface area contributed by atoms with Gasteiger partial charge in [-0.1, -0.05) is 25.1 Å². The lowest BCUT2D eigenvalue weighted by atomic mass is 9.93. The molecule has 1 aromatic rings. The largest absolute Gasteiger partial charge is 0.483 e. The van der Waals surface area contributed by atoms with Crippen molar-refractivity contribution in [2.45, 2.75) is 33.1 Å². The van der Waals surface area contributed by atoms with Crippen LogP contribution in [0.4, 0.5) is 0 Å². The number of carbonyl (C=O) groups is 2. The van der Waals surface area contributed by atoms with E-state index in [0.29, 0.717) is 13.1 Å². The van der Waals surface area contributed by atoms with Crippen LogP contribution in [0.3, 0.4) is 0 Å². The lowest BCUT2D eigenvalue weighted by Crippen LogP contribution is -2.42. The molecule has 1 aliphatic rings. The zero-order valence-corrected chi connectivity index (χ0v) is 12.8. The molecule has 0 radical (unpaired) electrons. The van der Waals surface area contributed by atoms with Crippen LogP contribution in [0.2, 0.25) is 0 Å². The molecule has 4 heteroatoms. The molecule has 21 heavy (non-hydrogen) atoms. The zero-order valence-electron chi connectivity index (χ0n) is 12.8. The number of amides is 1. The number of likely N-dealkylation sites (tertiary alicyclic amines) is 1. The van der Waals surface area contributed by atoms with Crippen molar-refractivity contribution in [2.24, 2.45) is 5.92 Å². The van der Waals surface area contributed by atoms with E-state index in [4.69, 9.17) is 4.74 Å². The van der Waals surface area contributed by atoms with Crippen LogP contribution in [-0.4, -0.2) is 36.3 Å². The molecular weight excluding hydrogens is 266 g/mol. The van der Waals surface area contributed by atoms with E-state index in [-0.39, 0.29) is 24.2 Å². The molecule has 0 saturated carbocycles. The second-order valence-corrected chi connectivity index (χ2v) is 5.52. The van der Waals surface area contributed by atoms with Gasteiger partial charge in [-0.3, -0.25) is 9.59 Å². The summed E-state index contributed by atoms with van der Waals surface area (Å²) in [5, 5.41) is 0. The number of ether oxygens (including phenoxy) is 1. The molecule has 1 aliphatic heterocycles. The second kappa shape index (κ2) is 7.25. The molecule has 0 atom stereocenters. The van der Waals surface area contributed by atoms with Crippen molar-refractivity contribution in [3.8, 4) is 5.75 Å². The van der Waals surface area contributed by atoms with Crippen LogP contribution in [0.15, 0.2) is 24.3 Å². The van der Waals surface area contributed by atoms with E-state index in [1.807, 2.05) is 24.3 Å². The van der Waals surface area contributed by atoms with Gasteiger partial charge in [0, 0.05) is 19.0 Å². The SMILES string of the molecule is CCc1ccccc1OCC(=O)N1CCC(C(C)=O)CC1. The van der Waals surface area contributed by atoms with E-state index in [1.54, 1.807) is 11.8 Å². The summed E-state index contributed by atoms with van der Waals surface area (Å²) in [7, 11) is 0. The van der Waals surface area contributed by atoms with E-state index in [2.05, 4.69) is 6.92 Å². The first kappa shape index (κ1) is 15.5. The average molecular weight is 289 g/mol. The molecule has 1 heterocycles. The number of para-hydroxylation sites is 1. The highest BCUT2D eigenvalue weighted by atomic mass is 16.5.